The molecule has 0 amide bonds. The van der Waals surface area contributed by atoms with Crippen molar-refractivity contribution in [1.82, 2.24) is 0 Å². The Bertz CT molecular complexity index is 579. The topological polar surface area (TPSA) is 58.6 Å². The van der Waals surface area contributed by atoms with E-state index < -0.39 is 5.97 Å². The second-order valence-corrected chi connectivity index (χ2v) is 4.55. The van der Waals surface area contributed by atoms with Gasteiger partial charge in [0.2, 0.25) is 0 Å². The molecule has 0 aliphatic carbocycles. The van der Waals surface area contributed by atoms with E-state index in [1.165, 1.54) is 5.56 Å². The highest BCUT2D eigenvalue weighted by Crippen LogP contribution is 2.18. The van der Waals surface area contributed by atoms with Crippen LogP contribution in [-0.4, -0.2) is 17.6 Å². The minimum absolute atomic E-state index is 0.110. The summed E-state index contributed by atoms with van der Waals surface area (Å²) in [7, 11) is 0. The lowest BCUT2D eigenvalue weighted by Crippen LogP contribution is -2.12. The molecule has 2 rings (SSSR count). The normalized spacial score (nSPS) is 10.1. The lowest BCUT2D eigenvalue weighted by atomic mass is 10.2. The highest BCUT2D eigenvalue weighted by atomic mass is 16.5. The second-order valence-electron chi connectivity index (χ2n) is 4.55. The van der Waals surface area contributed by atoms with E-state index in [1.807, 2.05) is 49.4 Å². The summed E-state index contributed by atoms with van der Waals surface area (Å²) in [5.41, 5.74) is 3.04. The summed E-state index contributed by atoms with van der Waals surface area (Å²) in [5, 5.41) is 11.4. The first-order chi connectivity index (χ1) is 9.63. The molecule has 0 fully saturated rings. The molecule has 0 saturated heterocycles. The molecule has 4 nitrogen and oxygen atoms in total. The molecule has 0 atom stereocenters. The lowest BCUT2D eigenvalue weighted by molar-refractivity contribution is -0.134. The lowest BCUT2D eigenvalue weighted by Gasteiger charge is -2.09. The molecule has 0 spiro atoms. The van der Waals surface area contributed by atoms with Gasteiger partial charge in [0, 0.05) is 11.8 Å². The zero-order chi connectivity index (χ0) is 14.4. The van der Waals surface area contributed by atoms with Gasteiger partial charge in [0.15, 0.2) is 0 Å². The molecule has 0 radical (unpaired) electrons. The molecule has 104 valence electrons. The summed E-state index contributed by atoms with van der Waals surface area (Å²) >= 11 is 0. The minimum Gasteiger partial charge on any atom is -0.489 e. The molecule has 2 N–H and O–H groups in total. The van der Waals surface area contributed by atoms with Crippen molar-refractivity contribution in [2.24, 2.45) is 0 Å². The van der Waals surface area contributed by atoms with E-state index in [4.69, 9.17) is 9.84 Å². The van der Waals surface area contributed by atoms with Crippen LogP contribution in [0.15, 0.2) is 48.5 Å². The average Bonchev–Trinajstić information content (AvgIpc) is 2.45. The Balaban J connectivity index is 1.94. The highest BCUT2D eigenvalue weighted by Gasteiger charge is 2.00. The number of aliphatic carboxylic acids is 1. The van der Waals surface area contributed by atoms with E-state index in [0.717, 1.165) is 11.3 Å². The van der Waals surface area contributed by atoms with Crippen LogP contribution in [0.3, 0.4) is 0 Å². The maximum atomic E-state index is 10.5. The number of anilines is 1. The maximum Gasteiger partial charge on any atom is 0.322 e. The summed E-state index contributed by atoms with van der Waals surface area (Å²) < 4.78 is 5.69. The van der Waals surface area contributed by atoms with Gasteiger partial charge < -0.3 is 15.2 Å². The maximum absolute atomic E-state index is 10.5. The van der Waals surface area contributed by atoms with Crippen molar-refractivity contribution >= 4 is 11.7 Å². The van der Waals surface area contributed by atoms with Gasteiger partial charge in [-0.15, -0.1) is 0 Å². The number of hydrogen-bond donors (Lipinski definition) is 2. The Morgan fingerprint density at radius 3 is 2.65 bits per heavy atom. The van der Waals surface area contributed by atoms with Crippen LogP contribution in [0.1, 0.15) is 11.1 Å². The molecular formula is C16H17NO3. The summed E-state index contributed by atoms with van der Waals surface area (Å²) in [5.74, 6) is -0.183. The van der Waals surface area contributed by atoms with Crippen LogP contribution in [0.4, 0.5) is 5.69 Å². The predicted molar refractivity (Wildman–Crippen MR) is 78.1 cm³/mol. The van der Waals surface area contributed by atoms with Crippen LogP contribution in [0.25, 0.3) is 0 Å². The molecule has 20 heavy (non-hydrogen) atoms. The fourth-order valence-electron chi connectivity index (χ4n) is 1.72. The van der Waals surface area contributed by atoms with E-state index in [-0.39, 0.29) is 6.54 Å². The molecule has 0 saturated carbocycles. The standard InChI is InChI=1S/C16H17NO3/c1-12-5-7-13(8-6-12)11-20-15-4-2-3-14(9-15)17-10-16(18)19/h2-9,17H,10-11H2,1H3,(H,18,19). The molecule has 0 aliphatic rings. The molecule has 0 unspecified atom stereocenters. The summed E-state index contributed by atoms with van der Waals surface area (Å²) in [6, 6.07) is 15.4. The zero-order valence-corrected chi connectivity index (χ0v) is 11.3. The molecule has 2 aromatic rings. The van der Waals surface area contributed by atoms with Crippen molar-refractivity contribution < 1.29 is 14.6 Å². The largest absolute Gasteiger partial charge is 0.489 e. The molecule has 0 aliphatic heterocycles. The summed E-state index contributed by atoms with van der Waals surface area (Å²) in [6.07, 6.45) is 0. The third-order valence-corrected chi connectivity index (χ3v) is 2.80. The molecule has 0 aromatic heterocycles. The van der Waals surface area contributed by atoms with Crippen LogP contribution in [-0.2, 0) is 11.4 Å². The second kappa shape index (κ2) is 6.61. The Morgan fingerprint density at radius 2 is 1.95 bits per heavy atom. The number of nitrogens with one attached hydrogen (secondary N) is 1. The van der Waals surface area contributed by atoms with Gasteiger partial charge in [-0.1, -0.05) is 35.9 Å². The fraction of sp³-hybridized carbons (Fsp3) is 0.188. The Morgan fingerprint density at radius 1 is 1.20 bits per heavy atom. The van der Waals surface area contributed by atoms with Crippen molar-refractivity contribution in [2.45, 2.75) is 13.5 Å². The van der Waals surface area contributed by atoms with Gasteiger partial charge in [-0.2, -0.15) is 0 Å². The van der Waals surface area contributed by atoms with Gasteiger partial charge >= 0.3 is 5.97 Å². The minimum atomic E-state index is -0.893. The average molecular weight is 271 g/mol. The summed E-state index contributed by atoms with van der Waals surface area (Å²) in [6.45, 7) is 2.42. The highest BCUT2D eigenvalue weighted by molar-refractivity contribution is 5.72. The van der Waals surface area contributed by atoms with Crippen molar-refractivity contribution in [2.75, 3.05) is 11.9 Å². The Hall–Kier alpha value is -2.49. The third kappa shape index (κ3) is 4.31. The first-order valence-corrected chi connectivity index (χ1v) is 6.37. The number of benzene rings is 2. The van der Waals surface area contributed by atoms with Gasteiger partial charge in [-0.25, -0.2) is 0 Å². The molecule has 0 bridgehead atoms. The number of carbonyl (C=O) groups is 1. The summed E-state index contributed by atoms with van der Waals surface area (Å²) in [4.78, 5) is 10.5. The number of aryl methyl sites for hydroxylation is 1. The molecule has 4 heteroatoms. The van der Waals surface area contributed by atoms with Crippen LogP contribution >= 0.6 is 0 Å². The number of carboxylic acids is 1. The number of hydrogen-bond acceptors (Lipinski definition) is 3. The van der Waals surface area contributed by atoms with E-state index >= 15 is 0 Å². The van der Waals surface area contributed by atoms with Gasteiger partial charge in [0.05, 0.1) is 0 Å². The van der Waals surface area contributed by atoms with Gasteiger partial charge in [-0.05, 0) is 24.6 Å². The van der Waals surface area contributed by atoms with Gasteiger partial charge in [0.1, 0.15) is 18.9 Å². The van der Waals surface area contributed by atoms with Crippen LogP contribution in [0.2, 0.25) is 0 Å². The van der Waals surface area contributed by atoms with Crippen molar-refractivity contribution in [1.29, 1.82) is 0 Å². The van der Waals surface area contributed by atoms with Crippen molar-refractivity contribution in [3.8, 4) is 5.75 Å². The number of carboxylic acid groups (broad SMARTS) is 1. The quantitative estimate of drug-likeness (QED) is 0.847. The first-order valence-electron chi connectivity index (χ1n) is 6.37. The third-order valence-electron chi connectivity index (χ3n) is 2.80. The number of ether oxygens (including phenoxy) is 1. The fourth-order valence-corrected chi connectivity index (χ4v) is 1.72. The Labute approximate surface area is 118 Å². The number of rotatable bonds is 6. The van der Waals surface area contributed by atoms with Crippen molar-refractivity contribution in [3.63, 3.8) is 0 Å². The Kier molecular flexibility index (Phi) is 4.60. The van der Waals surface area contributed by atoms with Crippen molar-refractivity contribution in [3.05, 3.63) is 59.7 Å². The van der Waals surface area contributed by atoms with E-state index in [9.17, 15) is 4.79 Å². The van der Waals surface area contributed by atoms with Crippen LogP contribution in [0, 0.1) is 6.92 Å². The van der Waals surface area contributed by atoms with Gasteiger partial charge in [-0.3, -0.25) is 4.79 Å². The van der Waals surface area contributed by atoms with E-state index in [2.05, 4.69) is 5.32 Å². The van der Waals surface area contributed by atoms with Crippen LogP contribution in [0.5, 0.6) is 5.75 Å². The molecular weight excluding hydrogens is 254 g/mol. The molecule has 0 heterocycles. The van der Waals surface area contributed by atoms with Gasteiger partial charge in [0.25, 0.3) is 0 Å². The van der Waals surface area contributed by atoms with Crippen LogP contribution < -0.4 is 10.1 Å². The van der Waals surface area contributed by atoms with E-state index in [0.29, 0.717) is 12.4 Å². The molecule has 2 aromatic carbocycles. The zero-order valence-electron chi connectivity index (χ0n) is 11.3. The predicted octanol–water partition coefficient (Wildman–Crippen LogP) is 3.07. The smallest absolute Gasteiger partial charge is 0.322 e. The SMILES string of the molecule is Cc1ccc(COc2cccc(NCC(=O)O)c2)cc1. The van der Waals surface area contributed by atoms with E-state index in [1.54, 1.807) is 6.07 Å². The first kappa shape index (κ1) is 13.9. The monoisotopic (exact) mass is 271 g/mol.